The Morgan fingerprint density at radius 1 is 1.43 bits per heavy atom. The van der Waals surface area contributed by atoms with Crippen molar-refractivity contribution < 1.29 is 5.11 Å². The molecule has 0 aromatic carbocycles. The lowest BCUT2D eigenvalue weighted by Gasteiger charge is -2.22. The number of aliphatic hydroxyl groups is 1. The average molecular weight is 235 g/mol. The molecule has 0 bridgehead atoms. The Morgan fingerprint density at radius 2 is 2.21 bits per heavy atom. The Labute approximate surface area is 95.6 Å². The first-order chi connectivity index (χ1) is 6.58. The Bertz CT molecular complexity index is 153. The minimum absolute atomic E-state index is 0.526. The summed E-state index contributed by atoms with van der Waals surface area (Å²) in [6.07, 6.45) is 0.831. The topological polar surface area (TPSA) is 32.3 Å². The summed E-state index contributed by atoms with van der Waals surface area (Å²) >= 11 is 4.13. The number of hydrogen-bond donors (Lipinski definition) is 2. The monoisotopic (exact) mass is 235 g/mol. The summed E-state index contributed by atoms with van der Waals surface area (Å²) in [6, 6.07) is 0. The third kappa shape index (κ3) is 6.17. The van der Waals surface area contributed by atoms with Crippen LogP contribution in [-0.4, -0.2) is 46.3 Å². The molecule has 0 aromatic heterocycles. The van der Waals surface area contributed by atoms with Crippen LogP contribution < -0.4 is 5.32 Å². The highest BCUT2D eigenvalue weighted by Crippen LogP contribution is 2.23. The van der Waals surface area contributed by atoms with Gasteiger partial charge in [-0.3, -0.25) is 0 Å². The molecule has 2 N–H and O–H groups in total. The molecule has 1 heterocycles. The second-order valence-corrected chi connectivity index (χ2v) is 6.89. The van der Waals surface area contributed by atoms with Gasteiger partial charge >= 0.3 is 0 Å². The molecule has 1 aliphatic rings. The van der Waals surface area contributed by atoms with E-state index >= 15 is 0 Å². The van der Waals surface area contributed by atoms with Crippen molar-refractivity contribution in [2.45, 2.75) is 31.1 Å². The van der Waals surface area contributed by atoms with E-state index in [-0.39, 0.29) is 0 Å². The summed E-state index contributed by atoms with van der Waals surface area (Å²) in [7, 11) is 0. The quantitative estimate of drug-likeness (QED) is 0.709. The van der Waals surface area contributed by atoms with E-state index in [4.69, 9.17) is 0 Å². The Morgan fingerprint density at radius 3 is 2.79 bits per heavy atom. The first-order valence-corrected chi connectivity index (χ1v) is 7.41. The fourth-order valence-corrected chi connectivity index (χ4v) is 3.96. The molecule has 0 spiro atoms. The molecule has 1 saturated heterocycles. The van der Waals surface area contributed by atoms with Gasteiger partial charge < -0.3 is 10.4 Å². The van der Waals surface area contributed by atoms with Crippen LogP contribution in [0.3, 0.4) is 0 Å². The summed E-state index contributed by atoms with van der Waals surface area (Å²) < 4.78 is 0. The van der Waals surface area contributed by atoms with Gasteiger partial charge in [0.05, 0.1) is 5.60 Å². The fourth-order valence-electron chi connectivity index (χ4n) is 1.31. The minimum atomic E-state index is -0.526. The lowest BCUT2D eigenvalue weighted by molar-refractivity contribution is 0.0713. The molecular formula is C10H21NOS2. The lowest BCUT2D eigenvalue weighted by atomic mass is 10.1. The second kappa shape index (κ2) is 6.26. The van der Waals surface area contributed by atoms with Crippen LogP contribution in [0.15, 0.2) is 0 Å². The van der Waals surface area contributed by atoms with Crippen molar-refractivity contribution in [3.63, 3.8) is 0 Å². The third-order valence-corrected chi connectivity index (χ3v) is 5.02. The highest BCUT2D eigenvalue weighted by atomic mass is 32.2. The van der Waals surface area contributed by atoms with E-state index in [2.05, 4.69) is 28.8 Å². The van der Waals surface area contributed by atoms with Crippen LogP contribution in [0.1, 0.15) is 20.3 Å². The minimum Gasteiger partial charge on any atom is -0.390 e. The van der Waals surface area contributed by atoms with E-state index in [1.807, 2.05) is 13.8 Å². The number of nitrogens with one attached hydrogen (secondary N) is 1. The number of thioether (sulfide) groups is 2. The summed E-state index contributed by atoms with van der Waals surface area (Å²) in [5.41, 5.74) is -0.526. The van der Waals surface area contributed by atoms with Gasteiger partial charge in [0.1, 0.15) is 0 Å². The molecule has 1 fully saturated rings. The summed E-state index contributed by atoms with van der Waals surface area (Å²) in [6.45, 7) is 5.73. The number of rotatable bonds is 5. The molecule has 0 aromatic rings. The molecule has 1 unspecified atom stereocenters. The first kappa shape index (κ1) is 12.7. The first-order valence-electron chi connectivity index (χ1n) is 5.20. The highest BCUT2D eigenvalue weighted by molar-refractivity contribution is 8.06. The highest BCUT2D eigenvalue weighted by Gasteiger charge is 2.15. The van der Waals surface area contributed by atoms with Crippen LogP contribution in [0, 0.1) is 0 Å². The fraction of sp³-hybridized carbons (Fsp3) is 1.00. The molecule has 14 heavy (non-hydrogen) atoms. The zero-order valence-corrected chi connectivity index (χ0v) is 10.7. The van der Waals surface area contributed by atoms with E-state index in [0.29, 0.717) is 0 Å². The second-order valence-electron chi connectivity index (χ2n) is 4.33. The molecule has 0 radical (unpaired) electrons. The smallest absolute Gasteiger partial charge is 0.0603 e. The van der Waals surface area contributed by atoms with Gasteiger partial charge in [-0.25, -0.2) is 0 Å². The van der Waals surface area contributed by atoms with Crippen molar-refractivity contribution in [2.24, 2.45) is 0 Å². The van der Waals surface area contributed by atoms with Crippen molar-refractivity contribution in [1.29, 1.82) is 0 Å². The molecule has 0 saturated carbocycles. The van der Waals surface area contributed by atoms with Gasteiger partial charge in [0.2, 0.25) is 0 Å². The predicted molar refractivity (Wildman–Crippen MR) is 67.4 cm³/mol. The third-order valence-electron chi connectivity index (χ3n) is 2.17. The van der Waals surface area contributed by atoms with Gasteiger partial charge in [-0.15, -0.1) is 0 Å². The Kier molecular flexibility index (Phi) is 5.67. The van der Waals surface area contributed by atoms with Crippen LogP contribution in [0.25, 0.3) is 0 Å². The van der Waals surface area contributed by atoms with Crippen molar-refractivity contribution in [3.8, 4) is 0 Å². The zero-order chi connectivity index (χ0) is 10.4. The van der Waals surface area contributed by atoms with Crippen LogP contribution in [0.5, 0.6) is 0 Å². The SMILES string of the molecule is CC(C)(O)CCNCC1CSCCS1. The number of hydrogen-bond acceptors (Lipinski definition) is 4. The maximum Gasteiger partial charge on any atom is 0.0603 e. The summed E-state index contributed by atoms with van der Waals surface area (Å²) in [5, 5.41) is 13.7. The summed E-state index contributed by atoms with van der Waals surface area (Å²) in [5.74, 6) is 3.88. The molecule has 1 atom stereocenters. The van der Waals surface area contributed by atoms with Gasteiger partial charge in [0, 0.05) is 29.1 Å². The van der Waals surface area contributed by atoms with E-state index in [1.165, 1.54) is 17.3 Å². The van der Waals surface area contributed by atoms with Crippen LogP contribution in [0.4, 0.5) is 0 Å². The van der Waals surface area contributed by atoms with Gasteiger partial charge in [0.25, 0.3) is 0 Å². The van der Waals surface area contributed by atoms with E-state index in [1.54, 1.807) is 0 Å². The molecular weight excluding hydrogens is 214 g/mol. The molecule has 0 aliphatic carbocycles. The van der Waals surface area contributed by atoms with Crippen LogP contribution >= 0.6 is 23.5 Å². The maximum atomic E-state index is 9.51. The van der Waals surface area contributed by atoms with E-state index in [0.717, 1.165) is 24.8 Å². The van der Waals surface area contributed by atoms with E-state index < -0.39 is 5.60 Å². The average Bonchev–Trinajstić information content (AvgIpc) is 2.13. The molecule has 84 valence electrons. The maximum absolute atomic E-state index is 9.51. The van der Waals surface area contributed by atoms with Crippen molar-refractivity contribution in [1.82, 2.24) is 5.32 Å². The summed E-state index contributed by atoms with van der Waals surface area (Å²) in [4.78, 5) is 0. The zero-order valence-electron chi connectivity index (χ0n) is 9.08. The van der Waals surface area contributed by atoms with Gasteiger partial charge in [-0.05, 0) is 26.8 Å². The molecule has 1 rings (SSSR count). The molecule has 0 amide bonds. The van der Waals surface area contributed by atoms with Gasteiger partial charge in [-0.2, -0.15) is 23.5 Å². The predicted octanol–water partition coefficient (Wildman–Crippen LogP) is 1.59. The van der Waals surface area contributed by atoms with Crippen molar-refractivity contribution >= 4 is 23.5 Å². The largest absolute Gasteiger partial charge is 0.390 e. The van der Waals surface area contributed by atoms with Crippen molar-refractivity contribution in [2.75, 3.05) is 30.3 Å². The normalized spacial score (nSPS) is 23.8. The lowest BCUT2D eigenvalue weighted by Crippen LogP contribution is -2.33. The molecule has 2 nitrogen and oxygen atoms in total. The van der Waals surface area contributed by atoms with Gasteiger partial charge in [0.15, 0.2) is 0 Å². The van der Waals surface area contributed by atoms with Crippen LogP contribution in [-0.2, 0) is 0 Å². The standard InChI is InChI=1S/C10H21NOS2/c1-10(2,12)3-4-11-7-9-8-13-5-6-14-9/h9,11-12H,3-8H2,1-2H3. The van der Waals surface area contributed by atoms with E-state index in [9.17, 15) is 5.11 Å². The molecule has 4 heteroatoms. The Hall–Kier alpha value is 0.620. The molecule has 1 aliphatic heterocycles. The Balaban J connectivity index is 1.97. The van der Waals surface area contributed by atoms with Gasteiger partial charge in [-0.1, -0.05) is 0 Å². The van der Waals surface area contributed by atoms with Crippen molar-refractivity contribution in [3.05, 3.63) is 0 Å². The van der Waals surface area contributed by atoms with Crippen LogP contribution in [0.2, 0.25) is 0 Å².